The van der Waals surface area contributed by atoms with Gasteiger partial charge in [-0.3, -0.25) is 9.48 Å². The highest BCUT2D eigenvalue weighted by Crippen LogP contribution is 2.21. The van der Waals surface area contributed by atoms with E-state index >= 15 is 0 Å². The second-order valence-corrected chi connectivity index (χ2v) is 5.50. The highest BCUT2D eigenvalue weighted by Gasteiger charge is 2.22. The number of nitrogens with one attached hydrogen (secondary N) is 1. The molecule has 2 heterocycles. The van der Waals surface area contributed by atoms with Crippen molar-refractivity contribution < 1.29 is 9.53 Å². The molecule has 0 saturated carbocycles. The van der Waals surface area contributed by atoms with Crippen LogP contribution in [0.4, 0.5) is 0 Å². The van der Waals surface area contributed by atoms with E-state index in [0.29, 0.717) is 13.2 Å². The first-order chi connectivity index (χ1) is 9.75. The molecule has 20 heavy (non-hydrogen) atoms. The third-order valence-electron chi connectivity index (χ3n) is 4.16. The average molecular weight is 275 g/mol. The van der Waals surface area contributed by atoms with Crippen LogP contribution in [0, 0.1) is 5.92 Å². The summed E-state index contributed by atoms with van der Waals surface area (Å²) in [6.45, 7) is 1.87. The second-order valence-electron chi connectivity index (χ2n) is 5.50. The molecule has 1 aliphatic carbocycles. The topological polar surface area (TPSA) is 56.2 Å². The molecular formula is C15H21N3O2. The van der Waals surface area contributed by atoms with Gasteiger partial charge in [-0.2, -0.15) is 5.10 Å². The fourth-order valence-corrected chi connectivity index (χ4v) is 2.97. The van der Waals surface area contributed by atoms with E-state index in [4.69, 9.17) is 4.74 Å². The minimum absolute atomic E-state index is 0.121. The molecule has 0 fully saturated rings. The lowest BCUT2D eigenvalue weighted by Gasteiger charge is -2.17. The number of amides is 1. The van der Waals surface area contributed by atoms with E-state index in [1.165, 1.54) is 5.69 Å². The molecule has 1 amide bonds. The molecule has 3 rings (SSSR count). The molecule has 0 bridgehead atoms. The van der Waals surface area contributed by atoms with E-state index in [0.717, 1.165) is 43.5 Å². The Balaban J connectivity index is 1.63. The first-order valence-corrected chi connectivity index (χ1v) is 7.30. The lowest BCUT2D eigenvalue weighted by Crippen LogP contribution is -2.31. The smallest absolute Gasteiger partial charge is 0.223 e. The van der Waals surface area contributed by atoms with Crippen molar-refractivity contribution in [2.24, 2.45) is 13.0 Å². The van der Waals surface area contributed by atoms with Crippen LogP contribution >= 0.6 is 0 Å². The van der Waals surface area contributed by atoms with Crippen molar-refractivity contribution in [3.8, 4) is 0 Å². The van der Waals surface area contributed by atoms with E-state index in [2.05, 4.69) is 22.6 Å². The van der Waals surface area contributed by atoms with E-state index < -0.39 is 0 Å². The minimum Gasteiger partial charge on any atom is -0.376 e. The van der Waals surface area contributed by atoms with Gasteiger partial charge in [0.15, 0.2) is 0 Å². The van der Waals surface area contributed by atoms with Crippen LogP contribution in [0.15, 0.2) is 12.2 Å². The maximum Gasteiger partial charge on any atom is 0.223 e. The van der Waals surface area contributed by atoms with Crippen LogP contribution in [-0.2, 0) is 36.2 Å². The Labute approximate surface area is 119 Å². The van der Waals surface area contributed by atoms with Crippen LogP contribution in [0.1, 0.15) is 36.2 Å². The monoisotopic (exact) mass is 275 g/mol. The van der Waals surface area contributed by atoms with Crippen molar-refractivity contribution in [3.63, 3.8) is 0 Å². The van der Waals surface area contributed by atoms with Gasteiger partial charge in [0.2, 0.25) is 5.91 Å². The van der Waals surface area contributed by atoms with Crippen LogP contribution in [0.2, 0.25) is 0 Å². The molecule has 1 aromatic rings. The maximum atomic E-state index is 12.1. The summed E-state index contributed by atoms with van der Waals surface area (Å²) in [5, 5.41) is 7.55. The predicted octanol–water partition coefficient (Wildman–Crippen LogP) is 1.47. The molecule has 1 aliphatic heterocycles. The summed E-state index contributed by atoms with van der Waals surface area (Å²) in [6, 6.07) is 0. The van der Waals surface area contributed by atoms with Gasteiger partial charge in [-0.1, -0.05) is 12.2 Å². The van der Waals surface area contributed by atoms with Gasteiger partial charge in [-0.05, 0) is 19.3 Å². The fraction of sp³-hybridized carbons (Fsp3) is 0.600. The van der Waals surface area contributed by atoms with E-state index in [1.54, 1.807) is 0 Å². The van der Waals surface area contributed by atoms with Crippen molar-refractivity contribution in [3.05, 3.63) is 29.1 Å². The summed E-state index contributed by atoms with van der Waals surface area (Å²) in [5.74, 6) is 0.265. The van der Waals surface area contributed by atoms with Crippen LogP contribution in [0.5, 0.6) is 0 Å². The molecule has 0 spiro atoms. The Morgan fingerprint density at radius 1 is 1.55 bits per heavy atom. The number of rotatable bonds is 3. The van der Waals surface area contributed by atoms with Crippen LogP contribution in [0.3, 0.4) is 0 Å². The van der Waals surface area contributed by atoms with Gasteiger partial charge in [0.1, 0.15) is 0 Å². The molecular weight excluding hydrogens is 254 g/mol. The number of ether oxygens (including phenoxy) is 1. The van der Waals surface area contributed by atoms with Gasteiger partial charge in [0.25, 0.3) is 0 Å². The molecule has 1 atom stereocenters. The van der Waals surface area contributed by atoms with Crippen molar-refractivity contribution in [2.75, 3.05) is 6.61 Å². The zero-order chi connectivity index (χ0) is 13.9. The summed E-state index contributed by atoms with van der Waals surface area (Å²) >= 11 is 0. The Kier molecular flexibility index (Phi) is 3.87. The second kappa shape index (κ2) is 5.79. The Morgan fingerprint density at radius 2 is 2.45 bits per heavy atom. The molecule has 0 aromatic carbocycles. The summed E-state index contributed by atoms with van der Waals surface area (Å²) < 4.78 is 7.42. The summed E-state index contributed by atoms with van der Waals surface area (Å²) in [6.07, 6.45) is 7.96. The zero-order valence-corrected chi connectivity index (χ0v) is 11.9. The lowest BCUT2D eigenvalue weighted by atomic mass is 9.93. The molecule has 5 nitrogen and oxygen atoms in total. The quantitative estimate of drug-likeness (QED) is 0.850. The fourth-order valence-electron chi connectivity index (χ4n) is 2.97. The Hall–Kier alpha value is -1.62. The van der Waals surface area contributed by atoms with Gasteiger partial charge in [-0.25, -0.2) is 0 Å². The molecule has 1 aromatic heterocycles. The van der Waals surface area contributed by atoms with E-state index in [1.807, 2.05) is 11.7 Å². The number of aromatic nitrogens is 2. The van der Waals surface area contributed by atoms with E-state index in [-0.39, 0.29) is 11.8 Å². The van der Waals surface area contributed by atoms with Crippen molar-refractivity contribution >= 4 is 5.91 Å². The van der Waals surface area contributed by atoms with Crippen molar-refractivity contribution in [2.45, 2.75) is 38.8 Å². The molecule has 0 unspecified atom stereocenters. The first kappa shape index (κ1) is 13.4. The van der Waals surface area contributed by atoms with Gasteiger partial charge in [0.05, 0.1) is 25.5 Å². The van der Waals surface area contributed by atoms with Crippen molar-refractivity contribution in [1.29, 1.82) is 0 Å². The van der Waals surface area contributed by atoms with Gasteiger partial charge in [-0.15, -0.1) is 0 Å². The molecule has 5 heteroatoms. The largest absolute Gasteiger partial charge is 0.376 e. The number of aryl methyl sites for hydroxylation is 1. The summed E-state index contributed by atoms with van der Waals surface area (Å²) in [5.41, 5.74) is 3.34. The summed E-state index contributed by atoms with van der Waals surface area (Å²) in [4.78, 5) is 12.1. The minimum atomic E-state index is 0.121. The normalized spacial score (nSPS) is 21.6. The zero-order valence-electron chi connectivity index (χ0n) is 11.9. The van der Waals surface area contributed by atoms with Crippen LogP contribution < -0.4 is 5.32 Å². The third kappa shape index (κ3) is 2.63. The van der Waals surface area contributed by atoms with Gasteiger partial charge in [0, 0.05) is 30.6 Å². The lowest BCUT2D eigenvalue weighted by molar-refractivity contribution is -0.125. The summed E-state index contributed by atoms with van der Waals surface area (Å²) in [7, 11) is 1.96. The number of fused-ring (bicyclic) bond motifs is 1. The first-order valence-electron chi connectivity index (χ1n) is 7.30. The third-order valence-corrected chi connectivity index (χ3v) is 4.16. The Morgan fingerprint density at radius 3 is 3.25 bits per heavy atom. The van der Waals surface area contributed by atoms with Gasteiger partial charge >= 0.3 is 0 Å². The number of allylic oxidation sites excluding steroid dienone is 2. The average Bonchev–Trinajstić information content (AvgIpc) is 2.83. The van der Waals surface area contributed by atoms with Crippen molar-refractivity contribution in [1.82, 2.24) is 15.1 Å². The SMILES string of the molecule is Cn1nc(CNC(=O)[C@H]2CC=CCC2)c2c1CCOC2. The van der Waals surface area contributed by atoms with Crippen LogP contribution in [-0.4, -0.2) is 22.3 Å². The molecule has 2 aliphatic rings. The highest BCUT2D eigenvalue weighted by molar-refractivity contribution is 5.78. The standard InChI is InChI=1S/C15H21N3O2/c1-18-14-7-8-20-10-12(14)13(17-18)9-16-15(19)11-5-3-2-4-6-11/h2-3,11H,4-10H2,1H3,(H,16,19)/t11-/m0/s1. The highest BCUT2D eigenvalue weighted by atomic mass is 16.5. The van der Waals surface area contributed by atoms with Crippen LogP contribution in [0.25, 0.3) is 0 Å². The predicted molar refractivity (Wildman–Crippen MR) is 74.9 cm³/mol. The van der Waals surface area contributed by atoms with Gasteiger partial charge < -0.3 is 10.1 Å². The molecule has 108 valence electrons. The number of nitrogens with zero attached hydrogens (tertiary/aromatic N) is 2. The number of hydrogen-bond donors (Lipinski definition) is 1. The molecule has 1 N–H and O–H groups in total. The number of carbonyl (C=O) groups excluding carboxylic acids is 1. The number of carbonyl (C=O) groups is 1. The number of hydrogen-bond acceptors (Lipinski definition) is 3. The maximum absolute atomic E-state index is 12.1. The molecule has 0 radical (unpaired) electrons. The Bertz CT molecular complexity index is 533. The van der Waals surface area contributed by atoms with E-state index in [9.17, 15) is 4.79 Å². The molecule has 0 saturated heterocycles.